The average molecular weight is 358 g/mol. The Kier molecular flexibility index (Phi) is 4.43. The van der Waals surface area contributed by atoms with Crippen LogP contribution < -0.4 is 4.90 Å². The van der Waals surface area contributed by atoms with Crippen molar-refractivity contribution in [3.63, 3.8) is 0 Å². The molecular formula is C19H22N2O3S. The predicted octanol–water partition coefficient (Wildman–Crippen LogP) is 2.76. The van der Waals surface area contributed by atoms with E-state index in [1.165, 1.54) is 18.4 Å². The molecule has 0 radical (unpaired) electrons. The van der Waals surface area contributed by atoms with Crippen LogP contribution in [0, 0.1) is 13.8 Å². The Morgan fingerprint density at radius 1 is 1.08 bits per heavy atom. The van der Waals surface area contributed by atoms with Gasteiger partial charge in [-0.1, -0.05) is 17.7 Å². The lowest BCUT2D eigenvalue weighted by Crippen LogP contribution is -2.29. The van der Waals surface area contributed by atoms with Crippen LogP contribution in [0.2, 0.25) is 0 Å². The summed E-state index contributed by atoms with van der Waals surface area (Å²) in [4.78, 5) is 15.0. The fraction of sp³-hybridized carbons (Fsp3) is 0.316. The fourth-order valence-electron chi connectivity index (χ4n) is 3.07. The molecule has 2 aromatic rings. The second kappa shape index (κ2) is 6.28. The maximum Gasteiger partial charge on any atom is 0.258 e. The monoisotopic (exact) mass is 358 g/mol. The molecule has 5 nitrogen and oxygen atoms in total. The summed E-state index contributed by atoms with van der Waals surface area (Å²) in [6, 6.07) is 10.8. The molecule has 0 aromatic heterocycles. The largest absolute Gasteiger partial charge is 0.308 e. The number of carbonyl (C=O) groups is 1. The van der Waals surface area contributed by atoms with Gasteiger partial charge in [0.25, 0.3) is 5.91 Å². The minimum Gasteiger partial charge on any atom is -0.308 e. The van der Waals surface area contributed by atoms with Gasteiger partial charge in [0.2, 0.25) is 10.0 Å². The number of aryl methyl sites for hydroxylation is 2. The van der Waals surface area contributed by atoms with Crippen molar-refractivity contribution in [3.05, 3.63) is 58.7 Å². The molecular weight excluding hydrogens is 336 g/mol. The van der Waals surface area contributed by atoms with E-state index in [1.54, 1.807) is 23.1 Å². The normalized spacial score (nSPS) is 14.0. The van der Waals surface area contributed by atoms with E-state index in [2.05, 4.69) is 0 Å². The highest BCUT2D eigenvalue weighted by Gasteiger charge is 2.28. The van der Waals surface area contributed by atoms with Gasteiger partial charge >= 0.3 is 0 Å². The van der Waals surface area contributed by atoms with Crippen molar-refractivity contribution >= 4 is 21.6 Å². The predicted molar refractivity (Wildman–Crippen MR) is 98.6 cm³/mol. The van der Waals surface area contributed by atoms with Gasteiger partial charge in [0.15, 0.2) is 0 Å². The molecule has 0 unspecified atom stereocenters. The Bertz CT molecular complexity index is 949. The van der Waals surface area contributed by atoms with Crippen LogP contribution in [-0.4, -0.2) is 39.3 Å². The van der Waals surface area contributed by atoms with E-state index in [0.717, 1.165) is 22.4 Å². The van der Waals surface area contributed by atoms with Crippen LogP contribution in [0.25, 0.3) is 0 Å². The van der Waals surface area contributed by atoms with Gasteiger partial charge in [0, 0.05) is 31.9 Å². The summed E-state index contributed by atoms with van der Waals surface area (Å²) < 4.78 is 25.8. The molecule has 0 bridgehead atoms. The van der Waals surface area contributed by atoms with Crippen LogP contribution in [-0.2, 0) is 16.4 Å². The molecule has 0 saturated heterocycles. The van der Waals surface area contributed by atoms with Gasteiger partial charge in [0.1, 0.15) is 0 Å². The van der Waals surface area contributed by atoms with Crippen LogP contribution in [0.15, 0.2) is 41.3 Å². The van der Waals surface area contributed by atoms with Crippen molar-refractivity contribution in [2.75, 3.05) is 25.5 Å². The Balaban J connectivity index is 1.98. The zero-order valence-electron chi connectivity index (χ0n) is 14.9. The maximum absolute atomic E-state index is 13.0. The van der Waals surface area contributed by atoms with Crippen LogP contribution in [0.5, 0.6) is 0 Å². The lowest BCUT2D eigenvalue weighted by molar-refractivity contribution is 0.0988. The fourth-order valence-corrected chi connectivity index (χ4v) is 4.02. The number of carbonyl (C=O) groups excluding carboxylic acids is 1. The van der Waals surface area contributed by atoms with Gasteiger partial charge in [-0.05, 0) is 55.7 Å². The smallest absolute Gasteiger partial charge is 0.258 e. The van der Waals surface area contributed by atoms with Crippen molar-refractivity contribution in [3.8, 4) is 0 Å². The Morgan fingerprint density at radius 3 is 2.48 bits per heavy atom. The van der Waals surface area contributed by atoms with Crippen LogP contribution in [0.1, 0.15) is 27.0 Å². The molecule has 0 fully saturated rings. The summed E-state index contributed by atoms with van der Waals surface area (Å²) in [5.74, 6) is -0.0387. The van der Waals surface area contributed by atoms with Gasteiger partial charge < -0.3 is 4.90 Å². The number of nitrogens with zero attached hydrogens (tertiary/aromatic N) is 2. The summed E-state index contributed by atoms with van der Waals surface area (Å²) in [6.07, 6.45) is 0.655. The molecule has 0 atom stereocenters. The third-order valence-electron chi connectivity index (χ3n) is 4.59. The standard InChI is InChI=1S/C19H22N2O3S/c1-13-5-6-14(2)17(11-13)19(22)21-10-9-15-12-16(7-8-18(15)21)25(23,24)20(3)4/h5-8,11-12H,9-10H2,1-4H3. The molecule has 132 valence electrons. The van der Waals surface area contributed by atoms with Crippen molar-refractivity contribution in [2.45, 2.75) is 25.2 Å². The quantitative estimate of drug-likeness (QED) is 0.848. The summed E-state index contributed by atoms with van der Waals surface area (Å²) in [5.41, 5.74) is 4.36. The number of fused-ring (bicyclic) bond motifs is 1. The van der Waals surface area contributed by atoms with Gasteiger partial charge in [0.05, 0.1) is 4.90 Å². The number of anilines is 1. The van der Waals surface area contributed by atoms with Gasteiger partial charge in [-0.2, -0.15) is 0 Å². The summed E-state index contributed by atoms with van der Waals surface area (Å²) in [5, 5.41) is 0. The molecule has 1 aliphatic rings. The van der Waals surface area contributed by atoms with Crippen molar-refractivity contribution in [1.29, 1.82) is 0 Å². The number of hydrogen-bond acceptors (Lipinski definition) is 3. The molecule has 1 heterocycles. The zero-order valence-corrected chi connectivity index (χ0v) is 15.7. The second-order valence-corrected chi connectivity index (χ2v) is 8.75. The van der Waals surface area contributed by atoms with E-state index in [9.17, 15) is 13.2 Å². The Morgan fingerprint density at radius 2 is 1.80 bits per heavy atom. The number of sulfonamides is 1. The molecule has 2 aromatic carbocycles. The molecule has 0 saturated carbocycles. The van der Waals surface area contributed by atoms with Gasteiger partial charge in [-0.3, -0.25) is 4.79 Å². The first kappa shape index (κ1) is 17.6. The SMILES string of the molecule is Cc1ccc(C)c(C(=O)N2CCc3cc(S(=O)(=O)N(C)C)ccc32)c1. The lowest BCUT2D eigenvalue weighted by Gasteiger charge is -2.19. The first-order valence-electron chi connectivity index (χ1n) is 8.16. The lowest BCUT2D eigenvalue weighted by atomic mass is 10.0. The first-order chi connectivity index (χ1) is 11.7. The highest BCUT2D eigenvalue weighted by Crippen LogP contribution is 2.32. The topological polar surface area (TPSA) is 57.7 Å². The summed E-state index contributed by atoms with van der Waals surface area (Å²) in [6.45, 7) is 4.45. The van der Waals surface area contributed by atoms with Crippen molar-refractivity contribution in [2.24, 2.45) is 0 Å². The number of amides is 1. The Labute approximate surface area is 148 Å². The Hall–Kier alpha value is -2.18. The molecule has 3 rings (SSSR count). The average Bonchev–Trinajstić information content (AvgIpc) is 2.99. The third-order valence-corrected chi connectivity index (χ3v) is 6.40. The molecule has 0 N–H and O–H groups in total. The van der Waals surface area contributed by atoms with Crippen molar-refractivity contribution in [1.82, 2.24) is 4.31 Å². The van der Waals surface area contributed by atoms with Gasteiger partial charge in [-0.15, -0.1) is 0 Å². The second-order valence-electron chi connectivity index (χ2n) is 6.60. The minimum absolute atomic E-state index is 0.0387. The number of benzene rings is 2. The highest BCUT2D eigenvalue weighted by molar-refractivity contribution is 7.89. The molecule has 25 heavy (non-hydrogen) atoms. The molecule has 0 spiro atoms. The summed E-state index contributed by atoms with van der Waals surface area (Å²) >= 11 is 0. The van der Waals surface area contributed by atoms with E-state index in [0.29, 0.717) is 18.5 Å². The zero-order chi connectivity index (χ0) is 18.4. The van der Waals surface area contributed by atoms with E-state index >= 15 is 0 Å². The molecule has 1 aliphatic heterocycles. The minimum atomic E-state index is -3.47. The number of hydrogen-bond donors (Lipinski definition) is 0. The highest BCUT2D eigenvalue weighted by atomic mass is 32.2. The summed E-state index contributed by atoms with van der Waals surface area (Å²) in [7, 11) is -0.445. The van der Waals surface area contributed by atoms with E-state index in [1.807, 2.05) is 32.0 Å². The van der Waals surface area contributed by atoms with Crippen LogP contribution in [0.3, 0.4) is 0 Å². The maximum atomic E-state index is 13.0. The van der Waals surface area contributed by atoms with E-state index in [-0.39, 0.29) is 10.8 Å². The molecule has 1 amide bonds. The third kappa shape index (κ3) is 3.07. The van der Waals surface area contributed by atoms with Crippen LogP contribution >= 0.6 is 0 Å². The molecule has 6 heteroatoms. The van der Waals surface area contributed by atoms with Crippen LogP contribution in [0.4, 0.5) is 5.69 Å². The number of rotatable bonds is 3. The van der Waals surface area contributed by atoms with Crippen molar-refractivity contribution < 1.29 is 13.2 Å². The van der Waals surface area contributed by atoms with E-state index < -0.39 is 10.0 Å². The molecule has 0 aliphatic carbocycles. The van der Waals surface area contributed by atoms with E-state index in [4.69, 9.17) is 0 Å². The first-order valence-corrected chi connectivity index (χ1v) is 9.60. The van der Waals surface area contributed by atoms with Gasteiger partial charge in [-0.25, -0.2) is 12.7 Å².